The van der Waals surface area contributed by atoms with Gasteiger partial charge in [-0.3, -0.25) is 0 Å². The van der Waals surface area contributed by atoms with Gasteiger partial charge in [0.25, 0.3) is 0 Å². The zero-order valence-electron chi connectivity index (χ0n) is 12.3. The van der Waals surface area contributed by atoms with Gasteiger partial charge in [0.2, 0.25) is 11.2 Å². The summed E-state index contributed by atoms with van der Waals surface area (Å²) in [5, 5.41) is 1.82. The monoisotopic (exact) mass is 302 g/mol. The van der Waals surface area contributed by atoms with E-state index in [4.69, 9.17) is 21.1 Å². The van der Waals surface area contributed by atoms with Crippen LogP contribution in [0.3, 0.4) is 0 Å². The second kappa shape index (κ2) is 5.41. The van der Waals surface area contributed by atoms with E-state index in [-0.39, 0.29) is 0 Å². The SMILES string of the molecule is CC[n+]1c2c(Cl)cc(OC)c(OC)cc-2c2ccccc21. The Morgan fingerprint density at radius 1 is 1.05 bits per heavy atom. The average molecular weight is 303 g/mol. The van der Waals surface area contributed by atoms with E-state index in [1.54, 1.807) is 14.2 Å². The third-order valence-corrected chi connectivity index (χ3v) is 4.06. The fraction of sp³-hybridized carbons (Fsp3) is 0.235. The molecule has 0 unspecified atom stereocenters. The zero-order chi connectivity index (χ0) is 15.0. The van der Waals surface area contributed by atoms with E-state index in [0.29, 0.717) is 16.5 Å². The molecule has 3 nitrogen and oxygen atoms in total. The third kappa shape index (κ3) is 2.09. The van der Waals surface area contributed by atoms with Crippen molar-refractivity contribution in [3.05, 3.63) is 41.4 Å². The largest absolute Gasteiger partial charge is 0.493 e. The topological polar surface area (TPSA) is 22.3 Å². The number of methoxy groups -OCH3 is 2. The number of benzene rings is 1. The molecule has 0 atom stereocenters. The van der Waals surface area contributed by atoms with Crippen molar-refractivity contribution in [1.29, 1.82) is 0 Å². The smallest absolute Gasteiger partial charge is 0.232 e. The molecule has 2 aliphatic rings. The molecule has 1 aliphatic carbocycles. The summed E-state index contributed by atoms with van der Waals surface area (Å²) in [5.74, 6) is 1.30. The van der Waals surface area contributed by atoms with Gasteiger partial charge in [-0.15, -0.1) is 0 Å². The Hall–Kier alpha value is -2.00. The van der Waals surface area contributed by atoms with E-state index in [0.717, 1.165) is 23.2 Å². The van der Waals surface area contributed by atoms with Crippen molar-refractivity contribution in [2.24, 2.45) is 0 Å². The highest BCUT2D eigenvalue weighted by atomic mass is 35.5. The van der Waals surface area contributed by atoms with Crippen LogP contribution in [-0.4, -0.2) is 14.2 Å². The van der Waals surface area contributed by atoms with Gasteiger partial charge in [-0.25, -0.2) is 0 Å². The van der Waals surface area contributed by atoms with Crippen LogP contribution in [-0.2, 0) is 6.54 Å². The molecule has 0 saturated heterocycles. The molecule has 0 N–H and O–H groups in total. The standard InChI is InChI=1S/C17H17ClNO2/c1-4-19-14-8-6-5-7-11(14)12-9-15(20-2)16(21-3)10-13(18)17(12)19/h5-10H,4H2,1-3H3/q+1. The van der Waals surface area contributed by atoms with E-state index in [1.165, 1.54) is 5.52 Å². The molecule has 4 heteroatoms. The number of para-hydroxylation sites is 1. The zero-order valence-corrected chi connectivity index (χ0v) is 13.1. The minimum Gasteiger partial charge on any atom is -0.493 e. The van der Waals surface area contributed by atoms with Crippen LogP contribution in [0.5, 0.6) is 11.5 Å². The van der Waals surface area contributed by atoms with Crippen LogP contribution in [0.1, 0.15) is 6.92 Å². The Bertz CT molecular complexity index is 786. The van der Waals surface area contributed by atoms with Crippen molar-refractivity contribution in [3.8, 4) is 22.8 Å². The summed E-state index contributed by atoms with van der Waals surface area (Å²) in [6.07, 6.45) is 0. The van der Waals surface area contributed by atoms with E-state index in [2.05, 4.69) is 23.6 Å². The molecule has 0 saturated carbocycles. The molecule has 1 aliphatic heterocycles. The minimum absolute atomic E-state index is 0.630. The van der Waals surface area contributed by atoms with E-state index in [9.17, 15) is 0 Å². The van der Waals surface area contributed by atoms with Gasteiger partial charge < -0.3 is 9.47 Å². The van der Waals surface area contributed by atoms with Gasteiger partial charge in [0.05, 0.1) is 25.2 Å². The molecule has 1 aromatic carbocycles. The quantitative estimate of drug-likeness (QED) is 0.684. The van der Waals surface area contributed by atoms with Crippen LogP contribution in [0.4, 0.5) is 0 Å². The number of halogens is 1. The molecule has 0 aromatic heterocycles. The molecule has 0 bridgehead atoms. The lowest BCUT2D eigenvalue weighted by Crippen LogP contribution is -2.32. The molecule has 0 radical (unpaired) electrons. The van der Waals surface area contributed by atoms with E-state index < -0.39 is 0 Å². The van der Waals surface area contributed by atoms with Crippen molar-refractivity contribution < 1.29 is 14.0 Å². The molecular formula is C17H17ClNO2+. The molecule has 0 spiro atoms. The number of aryl methyl sites for hydroxylation is 1. The lowest BCUT2D eigenvalue weighted by molar-refractivity contribution is -0.654. The first-order valence-corrected chi connectivity index (χ1v) is 7.24. The summed E-state index contributed by atoms with van der Waals surface area (Å²) in [5.41, 5.74) is 3.24. The molecule has 21 heavy (non-hydrogen) atoms. The summed E-state index contributed by atoms with van der Waals surface area (Å²) in [6.45, 7) is 2.96. The van der Waals surface area contributed by atoms with Crippen LogP contribution in [0.2, 0.25) is 5.02 Å². The lowest BCUT2D eigenvalue weighted by Gasteiger charge is -2.02. The van der Waals surface area contributed by atoms with Gasteiger partial charge in [0.1, 0.15) is 11.6 Å². The molecule has 0 amide bonds. The number of nitrogens with zero attached hydrogens (tertiary/aromatic N) is 1. The number of hydrogen-bond donors (Lipinski definition) is 0. The highest BCUT2D eigenvalue weighted by Crippen LogP contribution is 2.40. The van der Waals surface area contributed by atoms with Crippen molar-refractivity contribution in [1.82, 2.24) is 0 Å². The van der Waals surface area contributed by atoms with Crippen molar-refractivity contribution >= 4 is 22.5 Å². The minimum atomic E-state index is 0.630. The van der Waals surface area contributed by atoms with Crippen LogP contribution in [0, 0.1) is 0 Å². The first-order valence-electron chi connectivity index (χ1n) is 6.87. The van der Waals surface area contributed by atoms with E-state index in [1.807, 2.05) is 24.3 Å². The number of rotatable bonds is 3. The fourth-order valence-electron chi connectivity index (χ4n) is 2.84. The normalized spacial score (nSPS) is 11.0. The van der Waals surface area contributed by atoms with Crippen molar-refractivity contribution in [2.45, 2.75) is 13.5 Å². The summed E-state index contributed by atoms with van der Waals surface area (Å²) in [4.78, 5) is 0. The summed E-state index contributed by atoms with van der Waals surface area (Å²) >= 11 is 6.55. The molecule has 0 fully saturated rings. The summed E-state index contributed by atoms with van der Waals surface area (Å²) in [6, 6.07) is 12.1. The molecule has 1 heterocycles. The van der Waals surface area contributed by atoms with Gasteiger partial charge in [-0.2, -0.15) is 4.57 Å². The number of hydrogen-bond acceptors (Lipinski definition) is 2. The second-order valence-electron chi connectivity index (χ2n) is 4.80. The van der Waals surface area contributed by atoms with E-state index >= 15 is 0 Å². The highest BCUT2D eigenvalue weighted by molar-refractivity contribution is 6.33. The average Bonchev–Trinajstić information content (AvgIpc) is 2.76. The van der Waals surface area contributed by atoms with Crippen LogP contribution < -0.4 is 14.0 Å². The maximum absolute atomic E-state index is 6.55. The van der Waals surface area contributed by atoms with Gasteiger partial charge >= 0.3 is 0 Å². The number of ether oxygens (including phenoxy) is 2. The predicted molar refractivity (Wildman–Crippen MR) is 84.6 cm³/mol. The van der Waals surface area contributed by atoms with Gasteiger partial charge in [0.15, 0.2) is 11.5 Å². The molecule has 3 rings (SSSR count). The Labute approximate surface area is 129 Å². The molecule has 108 valence electrons. The number of fused-ring (bicyclic) bond motifs is 3. The van der Waals surface area contributed by atoms with Gasteiger partial charge in [-0.05, 0) is 19.1 Å². The summed E-state index contributed by atoms with van der Waals surface area (Å²) < 4.78 is 13.1. The predicted octanol–water partition coefficient (Wildman–Crippen LogP) is 3.92. The maximum atomic E-state index is 6.55. The van der Waals surface area contributed by atoms with Crippen LogP contribution in [0.25, 0.3) is 22.2 Å². The first kappa shape index (κ1) is 14.0. The Kier molecular flexibility index (Phi) is 3.60. The van der Waals surface area contributed by atoms with Crippen LogP contribution >= 0.6 is 11.6 Å². The Morgan fingerprint density at radius 2 is 1.71 bits per heavy atom. The number of aromatic nitrogens is 1. The Morgan fingerprint density at radius 3 is 2.38 bits per heavy atom. The molecular weight excluding hydrogens is 286 g/mol. The fourth-order valence-corrected chi connectivity index (χ4v) is 3.14. The van der Waals surface area contributed by atoms with Crippen LogP contribution in [0.15, 0.2) is 36.4 Å². The van der Waals surface area contributed by atoms with Gasteiger partial charge in [-0.1, -0.05) is 23.7 Å². The van der Waals surface area contributed by atoms with Crippen molar-refractivity contribution in [3.63, 3.8) is 0 Å². The second-order valence-corrected chi connectivity index (χ2v) is 5.20. The molecule has 1 aromatic rings. The van der Waals surface area contributed by atoms with Gasteiger partial charge in [0, 0.05) is 12.1 Å². The lowest BCUT2D eigenvalue weighted by atomic mass is 10.1. The third-order valence-electron chi connectivity index (χ3n) is 3.77. The maximum Gasteiger partial charge on any atom is 0.232 e. The Balaban J connectivity index is 2.51. The summed E-state index contributed by atoms with van der Waals surface area (Å²) in [7, 11) is 3.25. The highest BCUT2D eigenvalue weighted by Gasteiger charge is 2.28. The van der Waals surface area contributed by atoms with Crippen molar-refractivity contribution in [2.75, 3.05) is 14.2 Å². The first-order chi connectivity index (χ1) is 10.2.